The van der Waals surface area contributed by atoms with Gasteiger partial charge in [0.15, 0.2) is 11.5 Å². The second-order valence-electron chi connectivity index (χ2n) is 6.91. The molecule has 0 radical (unpaired) electrons. The van der Waals surface area contributed by atoms with Gasteiger partial charge in [0.05, 0.1) is 6.61 Å². The first-order valence-corrected chi connectivity index (χ1v) is 9.08. The maximum Gasteiger partial charge on any atom is 0.231 e. The maximum atomic E-state index is 5.89. The molecule has 5 rings (SSSR count). The fraction of sp³-hybridized carbons (Fsp3) is 0.450. The second-order valence-corrected chi connectivity index (χ2v) is 6.91. The molecule has 0 N–H and O–H groups in total. The molecular weight excluding hydrogens is 316 g/mol. The zero-order valence-electron chi connectivity index (χ0n) is 14.4. The average Bonchev–Trinajstić information content (AvgIpc) is 3.18. The molecule has 25 heavy (non-hydrogen) atoms. The van der Waals surface area contributed by atoms with Crippen molar-refractivity contribution in [3.8, 4) is 17.2 Å². The van der Waals surface area contributed by atoms with Crippen molar-refractivity contribution in [3.63, 3.8) is 0 Å². The lowest BCUT2D eigenvalue weighted by Gasteiger charge is -2.36. The summed E-state index contributed by atoms with van der Waals surface area (Å²) in [5.41, 5.74) is 3.85. The number of benzene rings is 1. The lowest BCUT2D eigenvalue weighted by molar-refractivity contribution is 0.163. The van der Waals surface area contributed by atoms with Gasteiger partial charge in [0.25, 0.3) is 0 Å². The van der Waals surface area contributed by atoms with Crippen molar-refractivity contribution in [2.24, 2.45) is 0 Å². The zero-order valence-corrected chi connectivity index (χ0v) is 14.4. The van der Waals surface area contributed by atoms with Crippen LogP contribution in [0.4, 0.5) is 0 Å². The highest BCUT2D eigenvalue weighted by atomic mass is 16.7. The van der Waals surface area contributed by atoms with Crippen LogP contribution in [0.5, 0.6) is 17.2 Å². The molecule has 2 bridgehead atoms. The molecule has 5 nitrogen and oxygen atoms in total. The first kappa shape index (κ1) is 15.0. The van der Waals surface area contributed by atoms with Crippen molar-refractivity contribution >= 4 is 0 Å². The normalized spacial score (nSPS) is 23.6. The predicted octanol–water partition coefficient (Wildman–Crippen LogP) is 3.47. The molecule has 130 valence electrons. The molecule has 0 saturated carbocycles. The van der Waals surface area contributed by atoms with Gasteiger partial charge in [0, 0.05) is 48.6 Å². The van der Waals surface area contributed by atoms with Crippen LogP contribution >= 0.6 is 0 Å². The summed E-state index contributed by atoms with van der Waals surface area (Å²) in [6.45, 7) is 3.82. The van der Waals surface area contributed by atoms with E-state index >= 15 is 0 Å². The third-order valence-corrected chi connectivity index (χ3v) is 5.56. The van der Waals surface area contributed by atoms with Crippen LogP contribution < -0.4 is 14.2 Å². The maximum absolute atomic E-state index is 5.89. The van der Waals surface area contributed by atoms with Crippen LogP contribution in [0.15, 0.2) is 30.5 Å². The molecule has 1 fully saturated rings. The van der Waals surface area contributed by atoms with Gasteiger partial charge in [-0.3, -0.25) is 9.88 Å². The lowest BCUT2D eigenvalue weighted by atomic mass is 9.97. The Hall–Kier alpha value is -2.27. The molecule has 1 aromatic carbocycles. The van der Waals surface area contributed by atoms with Crippen LogP contribution in [0, 0.1) is 0 Å². The van der Waals surface area contributed by atoms with E-state index in [0.29, 0.717) is 25.5 Å². The van der Waals surface area contributed by atoms with Crippen molar-refractivity contribution < 1.29 is 14.2 Å². The molecule has 2 aromatic rings. The van der Waals surface area contributed by atoms with Crippen LogP contribution in [-0.4, -0.2) is 29.3 Å². The lowest BCUT2D eigenvalue weighted by Crippen LogP contribution is -2.37. The van der Waals surface area contributed by atoms with E-state index in [4.69, 9.17) is 14.2 Å². The molecule has 0 unspecified atom stereocenters. The fourth-order valence-corrected chi connectivity index (χ4v) is 4.45. The van der Waals surface area contributed by atoms with Crippen molar-refractivity contribution in [1.29, 1.82) is 0 Å². The van der Waals surface area contributed by atoms with E-state index in [-0.39, 0.29) is 0 Å². The monoisotopic (exact) mass is 338 g/mol. The van der Waals surface area contributed by atoms with Gasteiger partial charge in [-0.1, -0.05) is 6.07 Å². The van der Waals surface area contributed by atoms with Gasteiger partial charge in [-0.15, -0.1) is 0 Å². The Morgan fingerprint density at radius 3 is 3.00 bits per heavy atom. The van der Waals surface area contributed by atoms with Gasteiger partial charge in [0.1, 0.15) is 5.75 Å². The Bertz CT molecular complexity index is 808. The highest BCUT2D eigenvalue weighted by Crippen LogP contribution is 2.46. The van der Waals surface area contributed by atoms with E-state index in [2.05, 4.69) is 28.1 Å². The number of nitrogens with zero attached hydrogens (tertiary/aromatic N) is 2. The molecule has 0 amide bonds. The highest BCUT2D eigenvalue weighted by molar-refractivity contribution is 5.52. The number of aromatic nitrogens is 1. The van der Waals surface area contributed by atoms with Gasteiger partial charge in [0.2, 0.25) is 6.79 Å². The minimum Gasteiger partial charge on any atom is -0.493 e. The van der Waals surface area contributed by atoms with Crippen LogP contribution in [0.3, 0.4) is 0 Å². The SMILES string of the molecule is CCOc1cc2c(cc1CN1[C@H]3CC[C@H]1c1cccnc1C3)OCO2. The third kappa shape index (κ3) is 2.45. The van der Waals surface area contributed by atoms with Crippen molar-refractivity contribution in [3.05, 3.63) is 47.3 Å². The minimum absolute atomic E-state index is 0.290. The van der Waals surface area contributed by atoms with Crippen molar-refractivity contribution in [2.75, 3.05) is 13.4 Å². The summed E-state index contributed by atoms with van der Waals surface area (Å²) in [7, 11) is 0. The fourth-order valence-electron chi connectivity index (χ4n) is 4.45. The van der Waals surface area contributed by atoms with Gasteiger partial charge >= 0.3 is 0 Å². The van der Waals surface area contributed by atoms with Crippen LogP contribution in [0.2, 0.25) is 0 Å². The molecule has 3 aliphatic heterocycles. The quantitative estimate of drug-likeness (QED) is 0.854. The average molecular weight is 338 g/mol. The van der Waals surface area contributed by atoms with Gasteiger partial charge in [-0.05, 0) is 37.5 Å². The molecule has 1 saturated heterocycles. The van der Waals surface area contributed by atoms with Crippen LogP contribution in [-0.2, 0) is 13.0 Å². The van der Waals surface area contributed by atoms with E-state index in [1.807, 2.05) is 19.2 Å². The topological polar surface area (TPSA) is 43.8 Å². The number of fused-ring (bicyclic) bond motifs is 5. The molecule has 3 aliphatic rings. The largest absolute Gasteiger partial charge is 0.493 e. The second kappa shape index (κ2) is 5.92. The first-order chi connectivity index (χ1) is 12.3. The first-order valence-electron chi connectivity index (χ1n) is 9.08. The number of pyridine rings is 1. The van der Waals surface area contributed by atoms with E-state index in [0.717, 1.165) is 30.2 Å². The van der Waals surface area contributed by atoms with E-state index in [1.165, 1.54) is 29.7 Å². The zero-order chi connectivity index (χ0) is 16.8. The molecule has 1 aromatic heterocycles. The summed E-state index contributed by atoms with van der Waals surface area (Å²) in [6.07, 6.45) is 5.40. The van der Waals surface area contributed by atoms with Crippen molar-refractivity contribution in [1.82, 2.24) is 9.88 Å². The molecule has 5 heteroatoms. The van der Waals surface area contributed by atoms with E-state index < -0.39 is 0 Å². The summed E-state index contributed by atoms with van der Waals surface area (Å²) < 4.78 is 17.0. The highest BCUT2D eigenvalue weighted by Gasteiger charge is 2.40. The third-order valence-electron chi connectivity index (χ3n) is 5.56. The Labute approximate surface area is 147 Å². The summed E-state index contributed by atoms with van der Waals surface area (Å²) in [5, 5.41) is 0. The number of rotatable bonds is 4. The van der Waals surface area contributed by atoms with E-state index in [1.54, 1.807) is 0 Å². The van der Waals surface area contributed by atoms with Gasteiger partial charge in [-0.25, -0.2) is 0 Å². The van der Waals surface area contributed by atoms with Crippen LogP contribution in [0.1, 0.15) is 42.6 Å². The molecule has 0 aliphatic carbocycles. The smallest absolute Gasteiger partial charge is 0.231 e. The Morgan fingerprint density at radius 1 is 1.24 bits per heavy atom. The molecule has 4 heterocycles. The minimum atomic E-state index is 0.290. The summed E-state index contributed by atoms with van der Waals surface area (Å²) >= 11 is 0. The summed E-state index contributed by atoms with van der Waals surface area (Å²) in [4.78, 5) is 7.22. The van der Waals surface area contributed by atoms with Crippen LogP contribution in [0.25, 0.3) is 0 Å². The predicted molar refractivity (Wildman–Crippen MR) is 93.0 cm³/mol. The molecule has 2 atom stereocenters. The van der Waals surface area contributed by atoms with Gasteiger partial charge in [-0.2, -0.15) is 0 Å². The summed E-state index contributed by atoms with van der Waals surface area (Å²) in [6, 6.07) is 9.38. The Morgan fingerprint density at radius 2 is 2.12 bits per heavy atom. The van der Waals surface area contributed by atoms with Crippen molar-refractivity contribution in [2.45, 2.75) is 44.8 Å². The standard InChI is InChI=1S/C20H22N2O3/c1-2-23-18-10-20-19(24-12-25-20)8-13(18)11-22-14-5-6-17(22)15-4-3-7-21-16(15)9-14/h3-4,7-8,10,14,17H,2,5-6,9,11-12H2,1H3/t14-,17-/m0/s1. The molecule has 0 spiro atoms. The molecular formula is C20H22N2O3. The van der Waals surface area contributed by atoms with E-state index in [9.17, 15) is 0 Å². The number of ether oxygens (including phenoxy) is 3. The van der Waals surface area contributed by atoms with Gasteiger partial charge < -0.3 is 14.2 Å². The Balaban J connectivity index is 1.48. The summed E-state index contributed by atoms with van der Waals surface area (Å²) in [5.74, 6) is 2.51. The number of hydrogen-bond donors (Lipinski definition) is 0. The Kier molecular flexibility index (Phi) is 3.55. The number of hydrogen-bond acceptors (Lipinski definition) is 5.